The number of aliphatic hydroxyl groups is 2. The zero-order valence-electron chi connectivity index (χ0n) is 28.9. The van der Waals surface area contributed by atoms with Crippen LogP contribution < -0.4 is 40.8 Å². The van der Waals surface area contributed by atoms with Crippen LogP contribution in [0.1, 0.15) is 62.6 Å². The molecule has 0 radical (unpaired) electrons. The lowest BCUT2D eigenvalue weighted by Crippen LogP contribution is -2.70. The monoisotopic (exact) mass is 707 g/mol. The summed E-state index contributed by atoms with van der Waals surface area (Å²) in [5.41, 5.74) is 6.34. The number of hydrogen-bond donors (Lipinski definition) is 6. The minimum atomic E-state index is -1.17. The number of nitrogens with zero attached hydrogens (tertiary/aromatic N) is 3. The van der Waals surface area contributed by atoms with E-state index in [1.54, 1.807) is 32.3 Å². The Kier molecular flexibility index (Phi) is 9.54. The number of nitrogens with two attached hydrogens (primary N) is 1. The second-order valence-electron chi connectivity index (χ2n) is 13.6. The smallest absolute Gasteiger partial charge is 0.375 e. The Balaban J connectivity index is 1.32. The second-order valence-corrected chi connectivity index (χ2v) is 13.6. The van der Waals surface area contributed by atoms with Gasteiger partial charge in [0.2, 0.25) is 17.6 Å². The molecule has 2 aromatic rings. The van der Waals surface area contributed by atoms with E-state index in [2.05, 4.69) is 20.9 Å². The molecular weight excluding hydrogens is 662 g/mol. The number of ether oxygens (including phenoxy) is 4. The number of imidazole rings is 1. The van der Waals surface area contributed by atoms with Crippen molar-refractivity contribution in [2.75, 3.05) is 25.3 Å². The van der Waals surface area contributed by atoms with E-state index in [9.17, 15) is 24.6 Å². The van der Waals surface area contributed by atoms with Crippen LogP contribution in [0.15, 0.2) is 29.8 Å². The van der Waals surface area contributed by atoms with Gasteiger partial charge in [0.05, 0.1) is 43.7 Å². The number of benzene rings is 1. The standard InChI is InChI=1S/C35H45N7O9/c1-4-49-32(46)29-21(15-43)19(10-12-41-13-11-37-34(41)42-17-38-25-30(42)39-33(36)40-31(25)45)24-27(48-3)20-14-23(35(2,47)18-8-6-5-7-9-18)50-26(20)22(16-44)28(24)51-29/h10-11,13,15,18,23,25,30,33,38-39,44,47H,4-9,12,14,16-17,36H2,1-3H3,(H,40,45). The summed E-state index contributed by atoms with van der Waals surface area (Å²) in [7, 11) is 1.49. The first-order chi connectivity index (χ1) is 24.6. The van der Waals surface area contributed by atoms with Gasteiger partial charge in [-0.3, -0.25) is 26.0 Å². The molecule has 5 heterocycles. The summed E-state index contributed by atoms with van der Waals surface area (Å²) in [4.78, 5) is 45.2. The van der Waals surface area contributed by atoms with E-state index in [0.717, 1.165) is 32.1 Å². The Bertz CT molecular complexity index is 1780. The molecule has 1 aromatic carbocycles. The van der Waals surface area contributed by atoms with Crippen LogP contribution in [0.4, 0.5) is 5.95 Å². The number of nitrogens with one attached hydrogen (secondary N) is 3. The van der Waals surface area contributed by atoms with Crippen LogP contribution in [-0.4, -0.2) is 88.5 Å². The summed E-state index contributed by atoms with van der Waals surface area (Å²) in [6.45, 7) is 3.43. The fourth-order valence-electron chi connectivity index (χ4n) is 8.15. The van der Waals surface area contributed by atoms with Gasteiger partial charge >= 0.3 is 5.97 Å². The van der Waals surface area contributed by atoms with Crippen molar-refractivity contribution in [3.8, 4) is 17.2 Å². The first-order valence-electron chi connectivity index (χ1n) is 17.5. The Morgan fingerprint density at radius 3 is 2.75 bits per heavy atom. The van der Waals surface area contributed by atoms with Gasteiger partial charge in [0.1, 0.15) is 47.5 Å². The highest BCUT2D eigenvalue weighted by atomic mass is 16.6. The predicted octanol–water partition coefficient (Wildman–Crippen LogP) is 0.534. The molecule has 16 nitrogen and oxygen atoms in total. The topological polar surface area (TPSA) is 212 Å². The lowest BCUT2D eigenvalue weighted by molar-refractivity contribution is -0.141. The third kappa shape index (κ3) is 5.94. The number of aromatic nitrogens is 2. The molecule has 5 unspecified atom stereocenters. The summed E-state index contributed by atoms with van der Waals surface area (Å²) in [6, 6.07) is -0.555. The Hall–Kier alpha value is -4.48. The van der Waals surface area contributed by atoms with Crippen molar-refractivity contribution in [2.24, 2.45) is 11.7 Å². The summed E-state index contributed by atoms with van der Waals surface area (Å²) in [5.74, 6) is -0.106. The normalized spacial score (nSPS) is 26.4. The number of esters is 1. The van der Waals surface area contributed by atoms with Crippen molar-refractivity contribution in [3.05, 3.63) is 46.5 Å². The SMILES string of the molecule is CCOC(=O)C1=C(C=O)C(=CCn2ccnc2N2CNC3C(=O)NC(N)NC32)c2c(OC)c3c(c(CO)c2O1)OC(C(C)(O)C1CCCCC1)C3. The fourth-order valence-corrected chi connectivity index (χ4v) is 8.15. The molecule has 0 bridgehead atoms. The number of carbonyl (C=O) groups is 3. The van der Waals surface area contributed by atoms with Gasteiger partial charge in [0.15, 0.2) is 6.29 Å². The van der Waals surface area contributed by atoms with Crippen LogP contribution in [0, 0.1) is 5.92 Å². The zero-order chi connectivity index (χ0) is 36.0. The molecule has 3 fully saturated rings. The van der Waals surface area contributed by atoms with E-state index in [4.69, 9.17) is 24.7 Å². The van der Waals surface area contributed by atoms with Gasteiger partial charge in [-0.25, -0.2) is 9.78 Å². The van der Waals surface area contributed by atoms with Crippen LogP contribution in [0.3, 0.4) is 0 Å². The second kappa shape index (κ2) is 13.9. The number of anilines is 1. The summed E-state index contributed by atoms with van der Waals surface area (Å²) < 4.78 is 25.8. The Labute approximate surface area is 294 Å². The van der Waals surface area contributed by atoms with E-state index in [-0.39, 0.29) is 47.6 Å². The van der Waals surface area contributed by atoms with Crippen LogP contribution in [0.2, 0.25) is 0 Å². The molecule has 16 heteroatoms. The first-order valence-corrected chi connectivity index (χ1v) is 17.5. The van der Waals surface area contributed by atoms with Gasteiger partial charge < -0.3 is 43.9 Å². The maximum absolute atomic E-state index is 13.3. The number of hydrogen-bond acceptors (Lipinski definition) is 14. The van der Waals surface area contributed by atoms with Crippen molar-refractivity contribution in [1.82, 2.24) is 25.5 Å². The van der Waals surface area contributed by atoms with Gasteiger partial charge in [0, 0.05) is 36.5 Å². The van der Waals surface area contributed by atoms with E-state index in [0.29, 0.717) is 53.5 Å². The summed E-state index contributed by atoms with van der Waals surface area (Å²) in [5, 5.41) is 31.7. The van der Waals surface area contributed by atoms with Gasteiger partial charge in [0.25, 0.3) is 0 Å². The number of allylic oxidation sites excluding steroid dienone is 3. The largest absolute Gasteiger partial charge is 0.496 e. The van der Waals surface area contributed by atoms with Crippen molar-refractivity contribution in [1.29, 1.82) is 0 Å². The molecule has 1 saturated carbocycles. The molecule has 51 heavy (non-hydrogen) atoms. The molecule has 274 valence electrons. The number of carbonyl (C=O) groups excluding carboxylic acids is 3. The number of aldehydes is 1. The van der Waals surface area contributed by atoms with Gasteiger partial charge in [-0.05, 0) is 32.6 Å². The van der Waals surface area contributed by atoms with Crippen molar-refractivity contribution < 1.29 is 43.5 Å². The van der Waals surface area contributed by atoms with Crippen LogP contribution in [-0.2, 0) is 38.7 Å². The number of rotatable bonds is 10. The first kappa shape index (κ1) is 34.9. The highest BCUT2D eigenvalue weighted by Crippen LogP contribution is 2.55. The third-order valence-electron chi connectivity index (χ3n) is 10.7. The molecule has 4 aliphatic heterocycles. The molecular formula is C35H45N7O9. The van der Waals surface area contributed by atoms with Crippen molar-refractivity contribution in [2.45, 2.75) is 95.7 Å². The van der Waals surface area contributed by atoms with E-state index < -0.39 is 42.8 Å². The van der Waals surface area contributed by atoms with Crippen molar-refractivity contribution >= 4 is 29.7 Å². The Morgan fingerprint density at radius 2 is 2.04 bits per heavy atom. The summed E-state index contributed by atoms with van der Waals surface area (Å²) >= 11 is 0. The number of methoxy groups -OCH3 is 1. The molecule has 1 aliphatic carbocycles. The third-order valence-corrected chi connectivity index (χ3v) is 10.7. The minimum Gasteiger partial charge on any atom is -0.496 e. The maximum atomic E-state index is 13.3. The molecule has 7 N–H and O–H groups in total. The van der Waals surface area contributed by atoms with E-state index >= 15 is 0 Å². The average Bonchev–Trinajstić information content (AvgIpc) is 3.88. The summed E-state index contributed by atoms with van der Waals surface area (Å²) in [6.07, 6.45) is 9.08. The molecule has 1 amide bonds. The Morgan fingerprint density at radius 1 is 1.25 bits per heavy atom. The highest BCUT2D eigenvalue weighted by Gasteiger charge is 2.48. The predicted molar refractivity (Wildman–Crippen MR) is 182 cm³/mol. The number of aliphatic hydroxyl groups excluding tert-OH is 1. The van der Waals surface area contributed by atoms with Gasteiger partial charge in [-0.2, -0.15) is 0 Å². The van der Waals surface area contributed by atoms with Crippen LogP contribution >= 0.6 is 0 Å². The van der Waals surface area contributed by atoms with E-state index in [1.165, 1.54) is 7.11 Å². The molecule has 5 aliphatic rings. The number of fused-ring (bicyclic) bond motifs is 3. The molecule has 7 rings (SSSR count). The lowest BCUT2D eigenvalue weighted by Gasteiger charge is -2.39. The maximum Gasteiger partial charge on any atom is 0.375 e. The fraction of sp³-hybridized carbons (Fsp3) is 0.543. The zero-order valence-corrected chi connectivity index (χ0v) is 28.9. The van der Waals surface area contributed by atoms with Gasteiger partial charge in [-0.15, -0.1) is 0 Å². The molecule has 1 aromatic heterocycles. The highest BCUT2D eigenvalue weighted by molar-refractivity contribution is 6.10. The molecule has 0 spiro atoms. The van der Waals surface area contributed by atoms with Crippen LogP contribution in [0.5, 0.6) is 17.2 Å². The average molecular weight is 708 g/mol. The van der Waals surface area contributed by atoms with Gasteiger partial charge in [-0.1, -0.05) is 25.3 Å². The molecule has 2 saturated heterocycles. The lowest BCUT2D eigenvalue weighted by atomic mass is 9.74. The van der Waals surface area contributed by atoms with E-state index in [1.807, 2.05) is 9.47 Å². The van der Waals surface area contributed by atoms with Crippen LogP contribution in [0.25, 0.3) is 5.57 Å². The quantitative estimate of drug-likeness (QED) is 0.147. The number of amides is 1. The van der Waals surface area contributed by atoms with Crippen molar-refractivity contribution in [3.63, 3.8) is 0 Å². The molecule has 5 atom stereocenters. The minimum absolute atomic E-state index is 0.0330.